The molecule has 0 radical (unpaired) electrons. The van der Waals surface area contributed by atoms with Crippen molar-refractivity contribution in [1.29, 1.82) is 0 Å². The summed E-state index contributed by atoms with van der Waals surface area (Å²) in [6.45, 7) is 1.97. The zero-order chi connectivity index (χ0) is 22.9. The molecule has 1 aliphatic carbocycles. The number of halogens is 1. The Balaban J connectivity index is 1.82. The molecule has 174 valence electrons. The minimum absolute atomic E-state index is 0.124. The topological polar surface area (TPSA) is 54.7 Å². The lowest BCUT2D eigenvalue weighted by atomic mass is 9.81. The van der Waals surface area contributed by atoms with E-state index in [9.17, 15) is 9.90 Å². The summed E-state index contributed by atoms with van der Waals surface area (Å²) in [5, 5.41) is 11.4. The minimum Gasteiger partial charge on any atom is -0.491 e. The molecule has 0 spiro atoms. The SMILES string of the molecule is CN(CCCl)[C@H]1COc2cccc(C(=O)O)c2-c2c(C3CCCCC3)c3ccccc3n2C1. The van der Waals surface area contributed by atoms with Crippen LogP contribution in [0.2, 0.25) is 0 Å². The second kappa shape index (κ2) is 9.40. The highest BCUT2D eigenvalue weighted by Crippen LogP contribution is 2.48. The number of benzene rings is 2. The molecule has 1 atom stereocenters. The summed E-state index contributed by atoms with van der Waals surface area (Å²) in [7, 11) is 2.08. The van der Waals surface area contributed by atoms with E-state index in [-0.39, 0.29) is 6.04 Å². The average molecular weight is 467 g/mol. The van der Waals surface area contributed by atoms with E-state index in [0.717, 1.165) is 37.2 Å². The molecule has 1 saturated carbocycles. The van der Waals surface area contributed by atoms with Crippen LogP contribution in [0.1, 0.15) is 53.9 Å². The van der Waals surface area contributed by atoms with Crippen molar-refractivity contribution in [2.45, 2.75) is 50.6 Å². The number of aromatic carboxylic acids is 1. The van der Waals surface area contributed by atoms with Crippen LogP contribution in [0.25, 0.3) is 22.2 Å². The standard InChI is InChI=1S/C27H31ClN2O3/c1-29(15-14-28)19-16-30-22-12-6-5-10-20(22)24(18-8-3-2-4-9-18)26(30)25-21(27(31)32)11-7-13-23(25)33-17-19/h5-7,10-13,18-19H,2-4,8-9,14-17H2,1H3,(H,31,32)/t19-/m1/s1. The fourth-order valence-electron chi connectivity index (χ4n) is 5.70. The van der Waals surface area contributed by atoms with Gasteiger partial charge < -0.3 is 14.4 Å². The highest BCUT2D eigenvalue weighted by molar-refractivity contribution is 6.18. The molecular formula is C27H31ClN2O3. The van der Waals surface area contributed by atoms with Crippen molar-refractivity contribution in [2.75, 3.05) is 26.1 Å². The van der Waals surface area contributed by atoms with E-state index < -0.39 is 5.97 Å². The van der Waals surface area contributed by atoms with Crippen LogP contribution in [0.5, 0.6) is 5.75 Å². The van der Waals surface area contributed by atoms with E-state index in [4.69, 9.17) is 16.3 Å². The van der Waals surface area contributed by atoms with E-state index in [1.54, 1.807) is 12.1 Å². The number of ether oxygens (including phenoxy) is 1. The summed E-state index contributed by atoms with van der Waals surface area (Å²) in [4.78, 5) is 14.6. The lowest BCUT2D eigenvalue weighted by Crippen LogP contribution is -2.41. The third kappa shape index (κ3) is 4.02. The predicted molar refractivity (Wildman–Crippen MR) is 133 cm³/mol. The maximum atomic E-state index is 12.4. The second-order valence-corrected chi connectivity index (χ2v) is 9.72. The van der Waals surface area contributed by atoms with Crippen LogP contribution >= 0.6 is 11.6 Å². The number of likely N-dealkylation sites (N-methyl/N-ethyl adjacent to an activating group) is 1. The zero-order valence-corrected chi connectivity index (χ0v) is 19.9. The Hall–Kier alpha value is -2.50. The lowest BCUT2D eigenvalue weighted by Gasteiger charge is -2.32. The van der Waals surface area contributed by atoms with Crippen LogP contribution in [0.4, 0.5) is 0 Å². The quantitative estimate of drug-likeness (QED) is 0.469. The molecule has 6 heteroatoms. The van der Waals surface area contributed by atoms with Crippen molar-refractivity contribution in [1.82, 2.24) is 9.47 Å². The predicted octanol–water partition coefficient (Wildman–Crippen LogP) is 5.99. The molecule has 1 aromatic heterocycles. The van der Waals surface area contributed by atoms with E-state index in [1.165, 1.54) is 35.7 Å². The number of nitrogens with zero attached hydrogens (tertiary/aromatic N) is 2. The van der Waals surface area contributed by atoms with Gasteiger partial charge in [0.25, 0.3) is 0 Å². The van der Waals surface area contributed by atoms with Crippen molar-refractivity contribution >= 4 is 28.5 Å². The Morgan fingerprint density at radius 2 is 1.94 bits per heavy atom. The normalized spacial score (nSPS) is 18.9. The first kappa shape index (κ1) is 22.3. The van der Waals surface area contributed by atoms with Gasteiger partial charge in [-0.1, -0.05) is 43.5 Å². The third-order valence-electron chi connectivity index (χ3n) is 7.40. The molecule has 0 unspecified atom stereocenters. The number of rotatable bonds is 5. The molecule has 33 heavy (non-hydrogen) atoms. The number of fused-ring (bicyclic) bond motifs is 5. The number of aromatic nitrogens is 1. The van der Waals surface area contributed by atoms with Gasteiger partial charge in [0.1, 0.15) is 12.4 Å². The van der Waals surface area contributed by atoms with Crippen LogP contribution in [0, 0.1) is 0 Å². The first-order valence-electron chi connectivity index (χ1n) is 12.0. The van der Waals surface area contributed by atoms with E-state index in [0.29, 0.717) is 29.7 Å². The maximum absolute atomic E-state index is 12.4. The Labute approximate surface area is 199 Å². The molecule has 1 aliphatic heterocycles. The number of hydrogen-bond donors (Lipinski definition) is 1. The first-order chi connectivity index (χ1) is 16.1. The molecule has 0 bridgehead atoms. The van der Waals surface area contributed by atoms with Crippen LogP contribution in [-0.2, 0) is 6.54 Å². The van der Waals surface area contributed by atoms with Crippen LogP contribution in [0.15, 0.2) is 42.5 Å². The minimum atomic E-state index is -0.918. The van der Waals surface area contributed by atoms with Crippen LogP contribution < -0.4 is 4.74 Å². The van der Waals surface area contributed by atoms with Gasteiger partial charge >= 0.3 is 5.97 Å². The molecule has 0 amide bonds. The second-order valence-electron chi connectivity index (χ2n) is 9.34. The van der Waals surface area contributed by atoms with Crippen LogP contribution in [0.3, 0.4) is 0 Å². The largest absolute Gasteiger partial charge is 0.491 e. The summed E-state index contributed by atoms with van der Waals surface area (Å²) in [5.74, 6) is 0.714. The number of carboxylic acid groups (broad SMARTS) is 1. The van der Waals surface area contributed by atoms with E-state index >= 15 is 0 Å². The lowest BCUT2D eigenvalue weighted by molar-refractivity contribution is 0.0696. The Kier molecular flexibility index (Phi) is 6.35. The fraction of sp³-hybridized carbons (Fsp3) is 0.444. The number of carboxylic acids is 1. The van der Waals surface area contributed by atoms with Gasteiger partial charge in [-0.2, -0.15) is 0 Å². The van der Waals surface area contributed by atoms with E-state index in [2.05, 4.69) is 40.8 Å². The van der Waals surface area contributed by atoms with Gasteiger partial charge in [0.2, 0.25) is 0 Å². The summed E-state index contributed by atoms with van der Waals surface area (Å²) in [6, 6.07) is 14.1. The van der Waals surface area contributed by atoms with Gasteiger partial charge in [-0.15, -0.1) is 11.6 Å². The number of hydrogen-bond acceptors (Lipinski definition) is 3. The Bertz CT molecular complexity index is 1170. The van der Waals surface area contributed by atoms with E-state index in [1.807, 2.05) is 6.07 Å². The molecule has 2 heterocycles. The molecule has 5 rings (SSSR count). The highest BCUT2D eigenvalue weighted by atomic mass is 35.5. The number of alkyl halides is 1. The molecule has 5 nitrogen and oxygen atoms in total. The molecular weight excluding hydrogens is 436 g/mol. The summed E-state index contributed by atoms with van der Waals surface area (Å²) >= 11 is 6.07. The van der Waals surface area contributed by atoms with Crippen molar-refractivity contribution in [3.05, 3.63) is 53.6 Å². The Morgan fingerprint density at radius 1 is 1.15 bits per heavy atom. The third-order valence-corrected chi connectivity index (χ3v) is 7.57. The molecule has 1 N–H and O–H groups in total. The highest BCUT2D eigenvalue weighted by Gasteiger charge is 2.33. The number of para-hydroxylation sites is 1. The monoisotopic (exact) mass is 466 g/mol. The van der Waals surface area contributed by atoms with Crippen molar-refractivity contribution < 1.29 is 14.6 Å². The fourth-order valence-corrected chi connectivity index (χ4v) is 5.97. The molecule has 2 aliphatic rings. The van der Waals surface area contributed by atoms with Gasteiger partial charge in [0.05, 0.1) is 22.9 Å². The van der Waals surface area contributed by atoms with Gasteiger partial charge in [-0.05, 0) is 49.6 Å². The van der Waals surface area contributed by atoms with Crippen LogP contribution in [-0.4, -0.2) is 52.7 Å². The average Bonchev–Trinajstić information content (AvgIpc) is 3.13. The smallest absolute Gasteiger partial charge is 0.336 e. The molecule has 2 aromatic carbocycles. The van der Waals surface area contributed by atoms with Gasteiger partial charge in [-0.3, -0.25) is 4.90 Å². The van der Waals surface area contributed by atoms with Crippen molar-refractivity contribution in [3.63, 3.8) is 0 Å². The van der Waals surface area contributed by atoms with Gasteiger partial charge in [0, 0.05) is 29.9 Å². The molecule has 1 fully saturated rings. The van der Waals surface area contributed by atoms with Gasteiger partial charge in [0.15, 0.2) is 0 Å². The zero-order valence-electron chi connectivity index (χ0n) is 19.1. The van der Waals surface area contributed by atoms with Gasteiger partial charge in [-0.25, -0.2) is 4.79 Å². The molecule has 0 saturated heterocycles. The van der Waals surface area contributed by atoms with Crippen molar-refractivity contribution in [3.8, 4) is 17.0 Å². The summed E-state index contributed by atoms with van der Waals surface area (Å²) in [6.07, 6.45) is 5.99. The van der Waals surface area contributed by atoms with Crippen molar-refractivity contribution in [2.24, 2.45) is 0 Å². The summed E-state index contributed by atoms with van der Waals surface area (Å²) < 4.78 is 8.70. The number of carbonyl (C=O) groups is 1. The Morgan fingerprint density at radius 3 is 2.70 bits per heavy atom. The summed E-state index contributed by atoms with van der Waals surface area (Å²) in [5.41, 5.74) is 4.52. The first-order valence-corrected chi connectivity index (χ1v) is 12.5. The molecule has 3 aromatic rings. The maximum Gasteiger partial charge on any atom is 0.336 e.